The van der Waals surface area contributed by atoms with E-state index in [1.807, 2.05) is 72.8 Å². The van der Waals surface area contributed by atoms with E-state index in [0.717, 1.165) is 67.5 Å². The number of nitrogens with one attached hydrogen (secondary N) is 1. The van der Waals surface area contributed by atoms with Gasteiger partial charge in [0.2, 0.25) is 0 Å². The van der Waals surface area contributed by atoms with Crippen molar-refractivity contribution in [2.75, 3.05) is 53.4 Å². The van der Waals surface area contributed by atoms with Crippen LogP contribution < -0.4 is 5.32 Å². The molecular weight excluding hydrogens is 661 g/mol. The lowest BCUT2D eigenvalue weighted by atomic mass is 9.99. The first kappa shape index (κ1) is 40.2. The quantitative estimate of drug-likeness (QED) is 0.0636. The van der Waals surface area contributed by atoms with E-state index in [-0.39, 0.29) is 30.1 Å². The Labute approximate surface area is 318 Å². The number of benzene rings is 3. The lowest BCUT2D eigenvalue weighted by Gasteiger charge is -2.32. The highest BCUT2D eigenvalue weighted by molar-refractivity contribution is 6.21. The minimum atomic E-state index is -0.340. The van der Waals surface area contributed by atoms with E-state index in [4.69, 9.17) is 4.74 Å². The zero-order chi connectivity index (χ0) is 37.3. The maximum Gasteiger partial charge on any atom is 0.408 e. The van der Waals surface area contributed by atoms with Crippen LogP contribution in [0.3, 0.4) is 0 Å². The highest BCUT2D eigenvalue weighted by atomic mass is 16.6. The molecule has 8 nitrogen and oxygen atoms in total. The van der Waals surface area contributed by atoms with Crippen molar-refractivity contribution in [2.24, 2.45) is 0 Å². The average Bonchev–Trinajstić information content (AvgIpc) is 3.42. The summed E-state index contributed by atoms with van der Waals surface area (Å²) in [5, 5.41) is 3.12. The highest BCUT2D eigenvalue weighted by Gasteiger charge is 2.34. The lowest BCUT2D eigenvalue weighted by molar-refractivity contribution is -0.890. The lowest BCUT2D eigenvalue weighted by Crippen LogP contribution is -2.41. The van der Waals surface area contributed by atoms with E-state index in [2.05, 4.69) is 24.3 Å². The average molecular weight is 724 g/mol. The summed E-state index contributed by atoms with van der Waals surface area (Å²) in [5.41, 5.74) is 3.17. The van der Waals surface area contributed by atoms with E-state index < -0.39 is 0 Å². The maximum atomic E-state index is 12.9. The molecule has 2 aliphatic rings. The zero-order valence-electron chi connectivity index (χ0n) is 32.4. The van der Waals surface area contributed by atoms with Crippen LogP contribution in [0, 0.1) is 0 Å². The van der Waals surface area contributed by atoms with Gasteiger partial charge in [-0.15, -0.1) is 0 Å². The second kappa shape index (κ2) is 21.0. The minimum Gasteiger partial charge on any atom is -0.446 e. The molecule has 3 amide bonds. The second-order valence-corrected chi connectivity index (χ2v) is 15.8. The topological polar surface area (TPSA) is 79.0 Å². The summed E-state index contributed by atoms with van der Waals surface area (Å²) in [6, 6.07) is 27.0. The van der Waals surface area contributed by atoms with Crippen LogP contribution >= 0.6 is 0 Å². The SMILES string of the molecule is C[N+](C)(CCCCCCCCCCCCN1CCC(OC(=O)NC(c2ccccc2)c2ccccc2)CC1)CCCCN1C(=O)c2ccccc2C1=O. The van der Waals surface area contributed by atoms with Gasteiger partial charge in [-0.3, -0.25) is 14.5 Å². The van der Waals surface area contributed by atoms with Gasteiger partial charge in [-0.2, -0.15) is 0 Å². The van der Waals surface area contributed by atoms with Gasteiger partial charge in [0.15, 0.2) is 0 Å². The number of unbranched alkanes of at least 4 members (excludes halogenated alkanes) is 10. The Morgan fingerprint density at radius 1 is 0.642 bits per heavy atom. The molecule has 0 atom stereocenters. The number of piperidine rings is 1. The number of nitrogens with zero attached hydrogens (tertiary/aromatic N) is 3. The van der Waals surface area contributed by atoms with Gasteiger partial charge in [0.25, 0.3) is 11.8 Å². The molecule has 286 valence electrons. The number of likely N-dealkylation sites (tertiary alicyclic amines) is 1. The molecule has 1 saturated heterocycles. The van der Waals surface area contributed by atoms with Crippen LogP contribution in [0.2, 0.25) is 0 Å². The summed E-state index contributed by atoms with van der Waals surface area (Å²) < 4.78 is 6.89. The molecule has 0 aromatic heterocycles. The molecule has 5 rings (SSSR count). The summed E-state index contributed by atoms with van der Waals surface area (Å²) in [6.07, 6.45) is 16.4. The number of fused-ring (bicyclic) bond motifs is 1. The standard InChI is InChI=1S/C45H62N4O4/c1-49(2,36-22-20-32-48-43(50)40-27-17-18-28-41(40)44(48)51)35-21-10-8-6-4-3-5-7-9-19-31-47-33-29-39(30-34-47)53-45(52)46-42(37-23-13-11-14-24-37)38-25-15-12-16-26-38/h11-18,23-28,39,42H,3-10,19-22,29-36H2,1-2H3/p+1. The van der Waals surface area contributed by atoms with Gasteiger partial charge < -0.3 is 19.4 Å². The van der Waals surface area contributed by atoms with Crippen molar-refractivity contribution in [3.63, 3.8) is 0 Å². The van der Waals surface area contributed by atoms with Crippen LogP contribution in [0.4, 0.5) is 4.79 Å². The zero-order valence-corrected chi connectivity index (χ0v) is 32.4. The molecule has 0 aliphatic carbocycles. The van der Waals surface area contributed by atoms with Gasteiger partial charge >= 0.3 is 6.09 Å². The smallest absolute Gasteiger partial charge is 0.408 e. The first-order chi connectivity index (χ1) is 25.8. The van der Waals surface area contributed by atoms with Gasteiger partial charge in [0.1, 0.15) is 6.10 Å². The van der Waals surface area contributed by atoms with E-state index in [1.165, 1.54) is 75.7 Å². The Hall–Kier alpha value is -4.01. The number of carbonyl (C=O) groups is 3. The van der Waals surface area contributed by atoms with E-state index in [0.29, 0.717) is 17.7 Å². The summed E-state index contributed by atoms with van der Waals surface area (Å²) in [6.45, 7) is 5.89. The molecule has 0 spiro atoms. The molecule has 0 radical (unpaired) electrons. The Bertz CT molecular complexity index is 1480. The molecule has 0 saturated carbocycles. The summed E-state index contributed by atoms with van der Waals surface area (Å²) in [5.74, 6) is -0.286. The van der Waals surface area contributed by atoms with E-state index >= 15 is 0 Å². The number of amides is 3. The fraction of sp³-hybridized carbons (Fsp3) is 0.533. The van der Waals surface area contributed by atoms with Crippen LogP contribution in [-0.4, -0.2) is 91.7 Å². The van der Waals surface area contributed by atoms with Gasteiger partial charge in [0.05, 0.1) is 44.4 Å². The third-order valence-electron chi connectivity index (χ3n) is 11.1. The molecule has 1 N–H and O–H groups in total. The van der Waals surface area contributed by atoms with Crippen molar-refractivity contribution in [3.8, 4) is 0 Å². The number of quaternary nitrogens is 1. The van der Waals surface area contributed by atoms with Crippen molar-refractivity contribution < 1.29 is 23.6 Å². The van der Waals surface area contributed by atoms with Crippen LogP contribution in [0.25, 0.3) is 0 Å². The molecule has 2 heterocycles. The monoisotopic (exact) mass is 723 g/mol. The Morgan fingerprint density at radius 3 is 1.60 bits per heavy atom. The molecule has 8 heteroatoms. The van der Waals surface area contributed by atoms with E-state index in [1.54, 1.807) is 12.1 Å². The molecule has 0 bridgehead atoms. The number of hydrogen-bond donors (Lipinski definition) is 1. The third kappa shape index (κ3) is 12.8. The predicted molar refractivity (Wildman–Crippen MR) is 213 cm³/mol. The second-order valence-electron chi connectivity index (χ2n) is 15.8. The molecule has 1 fully saturated rings. The van der Waals surface area contributed by atoms with Crippen LogP contribution in [0.1, 0.15) is 128 Å². The van der Waals surface area contributed by atoms with Crippen molar-refractivity contribution in [1.82, 2.24) is 15.1 Å². The van der Waals surface area contributed by atoms with Crippen LogP contribution in [-0.2, 0) is 4.74 Å². The number of rotatable bonds is 22. The van der Waals surface area contributed by atoms with Gasteiger partial charge in [-0.1, -0.05) is 118 Å². The fourth-order valence-electron chi connectivity index (χ4n) is 7.86. The Balaban J connectivity index is 0.819. The molecule has 53 heavy (non-hydrogen) atoms. The number of carbonyl (C=O) groups excluding carboxylic acids is 3. The van der Waals surface area contributed by atoms with Gasteiger partial charge in [-0.25, -0.2) is 4.79 Å². The first-order valence-electron chi connectivity index (χ1n) is 20.4. The fourth-order valence-corrected chi connectivity index (χ4v) is 7.86. The van der Waals surface area contributed by atoms with Gasteiger partial charge in [0, 0.05) is 19.6 Å². The summed E-state index contributed by atoms with van der Waals surface area (Å²) in [4.78, 5) is 42.0. The normalized spacial score (nSPS) is 15.3. The number of hydrogen-bond acceptors (Lipinski definition) is 5. The van der Waals surface area contributed by atoms with Crippen LogP contribution in [0.15, 0.2) is 84.9 Å². The van der Waals surface area contributed by atoms with Crippen molar-refractivity contribution in [2.45, 2.75) is 102 Å². The molecule has 3 aromatic carbocycles. The number of ether oxygens (including phenoxy) is 1. The molecule has 3 aromatic rings. The maximum absolute atomic E-state index is 12.9. The Kier molecular flexibility index (Phi) is 15.9. The van der Waals surface area contributed by atoms with Crippen molar-refractivity contribution in [1.29, 1.82) is 0 Å². The molecular formula is C45H63N4O4+. The first-order valence-corrected chi connectivity index (χ1v) is 20.4. The van der Waals surface area contributed by atoms with Crippen molar-refractivity contribution >= 4 is 17.9 Å². The van der Waals surface area contributed by atoms with E-state index in [9.17, 15) is 14.4 Å². The summed E-state index contributed by atoms with van der Waals surface area (Å²) in [7, 11) is 4.60. The molecule has 2 aliphatic heterocycles. The van der Waals surface area contributed by atoms with Gasteiger partial charge in [-0.05, 0) is 74.8 Å². The predicted octanol–water partition coefficient (Wildman–Crippen LogP) is 9.02. The Morgan fingerprint density at radius 2 is 1.08 bits per heavy atom. The minimum absolute atomic E-state index is 0.0264. The third-order valence-corrected chi connectivity index (χ3v) is 11.1. The largest absolute Gasteiger partial charge is 0.446 e. The van der Waals surface area contributed by atoms with Crippen molar-refractivity contribution in [3.05, 3.63) is 107 Å². The van der Waals surface area contributed by atoms with Crippen LogP contribution in [0.5, 0.6) is 0 Å². The number of alkyl carbamates (subject to hydrolysis) is 1. The highest BCUT2D eigenvalue weighted by Crippen LogP contribution is 2.24. The molecule has 0 unspecified atom stereocenters. The summed E-state index contributed by atoms with van der Waals surface area (Å²) >= 11 is 0. The number of imide groups is 1.